The molecular weight excluding hydrogens is 322 g/mol. The number of fused-ring (bicyclic) bond motifs is 1. The lowest BCUT2D eigenvalue weighted by atomic mass is 10.2. The molecule has 1 aromatic heterocycles. The van der Waals surface area contributed by atoms with E-state index in [1.54, 1.807) is 11.1 Å². The molecule has 0 atom stereocenters. The third-order valence-corrected chi connectivity index (χ3v) is 4.80. The summed E-state index contributed by atoms with van der Waals surface area (Å²) >= 11 is 0. The van der Waals surface area contributed by atoms with E-state index in [1.807, 2.05) is 49.4 Å². The molecule has 1 aliphatic rings. The van der Waals surface area contributed by atoms with Crippen molar-refractivity contribution in [2.45, 2.75) is 13.3 Å². The normalized spacial score (nSPS) is 12.7. The Morgan fingerprint density at radius 2 is 1.81 bits per heavy atom. The Morgan fingerprint density at radius 1 is 1.04 bits per heavy atom. The van der Waals surface area contributed by atoms with E-state index in [4.69, 9.17) is 0 Å². The van der Waals surface area contributed by atoms with Gasteiger partial charge >= 0.3 is 0 Å². The second-order valence-electron chi connectivity index (χ2n) is 6.32. The van der Waals surface area contributed by atoms with Crippen LogP contribution in [-0.4, -0.2) is 24.0 Å². The number of para-hydroxylation sites is 2. The maximum atomic E-state index is 12.9. The SMILES string of the molecule is CCN(C(=O)c1ccc(N2CCc3ccccc32)cn1)c1ccccc1. The molecule has 2 heterocycles. The summed E-state index contributed by atoms with van der Waals surface area (Å²) in [4.78, 5) is 21.3. The van der Waals surface area contributed by atoms with Crippen LogP contribution in [0.15, 0.2) is 72.9 Å². The van der Waals surface area contributed by atoms with Gasteiger partial charge in [0.25, 0.3) is 5.91 Å². The van der Waals surface area contributed by atoms with Crippen LogP contribution < -0.4 is 9.80 Å². The predicted molar refractivity (Wildman–Crippen MR) is 105 cm³/mol. The summed E-state index contributed by atoms with van der Waals surface area (Å²) < 4.78 is 0. The Labute approximate surface area is 153 Å². The second-order valence-corrected chi connectivity index (χ2v) is 6.32. The molecule has 0 fully saturated rings. The van der Waals surface area contributed by atoms with Gasteiger partial charge in [-0.1, -0.05) is 36.4 Å². The number of amides is 1. The van der Waals surface area contributed by atoms with Crippen molar-refractivity contribution >= 4 is 23.0 Å². The van der Waals surface area contributed by atoms with Gasteiger partial charge in [0.2, 0.25) is 0 Å². The molecule has 4 heteroatoms. The zero-order chi connectivity index (χ0) is 17.9. The highest BCUT2D eigenvalue weighted by atomic mass is 16.2. The van der Waals surface area contributed by atoms with Crippen molar-refractivity contribution < 1.29 is 4.79 Å². The van der Waals surface area contributed by atoms with Crippen molar-refractivity contribution in [3.05, 3.63) is 84.2 Å². The second kappa shape index (κ2) is 7.00. The average Bonchev–Trinajstić information content (AvgIpc) is 3.13. The van der Waals surface area contributed by atoms with Gasteiger partial charge in [-0.3, -0.25) is 4.79 Å². The van der Waals surface area contributed by atoms with Crippen LogP contribution in [0.1, 0.15) is 23.0 Å². The number of benzene rings is 2. The summed E-state index contributed by atoms with van der Waals surface area (Å²) in [5, 5.41) is 0. The van der Waals surface area contributed by atoms with Gasteiger partial charge in [-0.25, -0.2) is 4.98 Å². The molecule has 0 spiro atoms. The van der Waals surface area contributed by atoms with Gasteiger partial charge in [0, 0.05) is 24.5 Å². The summed E-state index contributed by atoms with van der Waals surface area (Å²) in [6, 6.07) is 21.9. The predicted octanol–water partition coefficient (Wildman–Crippen LogP) is 4.44. The Balaban J connectivity index is 1.57. The lowest BCUT2D eigenvalue weighted by molar-refractivity contribution is 0.0983. The maximum Gasteiger partial charge on any atom is 0.276 e. The van der Waals surface area contributed by atoms with Crippen LogP contribution in [-0.2, 0) is 6.42 Å². The van der Waals surface area contributed by atoms with Crippen molar-refractivity contribution in [2.24, 2.45) is 0 Å². The third-order valence-electron chi connectivity index (χ3n) is 4.80. The Bertz CT molecular complexity index is 906. The zero-order valence-corrected chi connectivity index (χ0v) is 14.8. The molecule has 1 amide bonds. The van der Waals surface area contributed by atoms with Gasteiger partial charge in [0.15, 0.2) is 0 Å². The van der Waals surface area contributed by atoms with Crippen LogP contribution in [0.4, 0.5) is 17.1 Å². The number of hydrogen-bond donors (Lipinski definition) is 0. The highest BCUT2D eigenvalue weighted by molar-refractivity contribution is 6.04. The minimum atomic E-state index is -0.0768. The first-order chi connectivity index (χ1) is 12.8. The molecule has 0 saturated carbocycles. The summed E-state index contributed by atoms with van der Waals surface area (Å²) in [5.74, 6) is -0.0768. The van der Waals surface area contributed by atoms with E-state index in [1.165, 1.54) is 11.3 Å². The monoisotopic (exact) mass is 343 g/mol. The number of nitrogens with zero attached hydrogens (tertiary/aromatic N) is 3. The van der Waals surface area contributed by atoms with Crippen LogP contribution >= 0.6 is 0 Å². The number of carbonyl (C=O) groups excluding carboxylic acids is 1. The van der Waals surface area contributed by atoms with E-state index >= 15 is 0 Å². The molecule has 3 aromatic rings. The highest BCUT2D eigenvalue weighted by Crippen LogP contribution is 2.33. The number of pyridine rings is 1. The number of carbonyl (C=O) groups is 1. The van der Waals surface area contributed by atoms with Gasteiger partial charge in [-0.15, -0.1) is 0 Å². The van der Waals surface area contributed by atoms with Crippen molar-refractivity contribution in [3.63, 3.8) is 0 Å². The van der Waals surface area contributed by atoms with Crippen molar-refractivity contribution in [1.29, 1.82) is 0 Å². The van der Waals surface area contributed by atoms with Crippen LogP contribution in [0, 0.1) is 0 Å². The molecule has 1 aliphatic heterocycles. The lowest BCUT2D eigenvalue weighted by Crippen LogP contribution is -2.31. The fourth-order valence-corrected chi connectivity index (χ4v) is 3.47. The van der Waals surface area contributed by atoms with Gasteiger partial charge in [0.1, 0.15) is 5.69 Å². The van der Waals surface area contributed by atoms with Gasteiger partial charge < -0.3 is 9.80 Å². The van der Waals surface area contributed by atoms with Crippen molar-refractivity contribution in [1.82, 2.24) is 4.98 Å². The molecule has 4 rings (SSSR count). The zero-order valence-electron chi connectivity index (χ0n) is 14.8. The number of rotatable bonds is 4. The minimum Gasteiger partial charge on any atom is -0.340 e. The van der Waals surface area contributed by atoms with E-state index in [0.29, 0.717) is 12.2 Å². The summed E-state index contributed by atoms with van der Waals surface area (Å²) in [7, 11) is 0. The topological polar surface area (TPSA) is 36.4 Å². The van der Waals surface area contributed by atoms with E-state index in [9.17, 15) is 4.79 Å². The molecule has 26 heavy (non-hydrogen) atoms. The molecular formula is C22H21N3O. The Kier molecular flexibility index (Phi) is 4.40. The average molecular weight is 343 g/mol. The van der Waals surface area contributed by atoms with Crippen LogP contribution in [0.3, 0.4) is 0 Å². The molecule has 0 unspecified atom stereocenters. The van der Waals surface area contributed by atoms with Crippen molar-refractivity contribution in [3.8, 4) is 0 Å². The van der Waals surface area contributed by atoms with E-state index in [-0.39, 0.29) is 5.91 Å². The smallest absolute Gasteiger partial charge is 0.276 e. The molecule has 0 aliphatic carbocycles. The largest absolute Gasteiger partial charge is 0.340 e. The first-order valence-corrected chi connectivity index (χ1v) is 8.96. The van der Waals surface area contributed by atoms with Gasteiger partial charge in [0.05, 0.1) is 11.9 Å². The van der Waals surface area contributed by atoms with Crippen LogP contribution in [0.2, 0.25) is 0 Å². The third kappa shape index (κ3) is 2.94. The van der Waals surface area contributed by atoms with Crippen molar-refractivity contribution in [2.75, 3.05) is 22.9 Å². The quantitative estimate of drug-likeness (QED) is 0.702. The van der Waals surface area contributed by atoms with E-state index in [0.717, 1.165) is 24.3 Å². The molecule has 0 N–H and O–H groups in total. The van der Waals surface area contributed by atoms with Gasteiger partial charge in [-0.05, 0) is 49.2 Å². The summed E-state index contributed by atoms with van der Waals surface area (Å²) in [6.45, 7) is 3.52. The van der Waals surface area contributed by atoms with E-state index < -0.39 is 0 Å². The number of aromatic nitrogens is 1. The number of hydrogen-bond acceptors (Lipinski definition) is 3. The van der Waals surface area contributed by atoms with Gasteiger partial charge in [-0.2, -0.15) is 0 Å². The number of anilines is 3. The fraction of sp³-hybridized carbons (Fsp3) is 0.182. The first kappa shape index (κ1) is 16.3. The molecule has 2 aromatic carbocycles. The Morgan fingerprint density at radius 3 is 2.54 bits per heavy atom. The molecule has 0 bridgehead atoms. The summed E-state index contributed by atoms with van der Waals surface area (Å²) in [6.07, 6.45) is 2.84. The minimum absolute atomic E-state index is 0.0768. The summed E-state index contributed by atoms with van der Waals surface area (Å²) in [5.41, 5.74) is 4.96. The standard InChI is InChI=1S/C22H21N3O/c1-2-24(18-9-4-3-5-10-18)22(26)20-13-12-19(16-23-20)25-15-14-17-8-6-7-11-21(17)25/h3-13,16H,2,14-15H2,1H3. The molecule has 0 radical (unpaired) electrons. The Hall–Kier alpha value is -3.14. The molecule has 0 saturated heterocycles. The molecule has 4 nitrogen and oxygen atoms in total. The maximum absolute atomic E-state index is 12.9. The lowest BCUT2D eigenvalue weighted by Gasteiger charge is -2.22. The molecule has 130 valence electrons. The fourth-order valence-electron chi connectivity index (χ4n) is 3.47. The van der Waals surface area contributed by atoms with Crippen LogP contribution in [0.25, 0.3) is 0 Å². The highest BCUT2D eigenvalue weighted by Gasteiger charge is 2.21. The van der Waals surface area contributed by atoms with Crippen LogP contribution in [0.5, 0.6) is 0 Å². The first-order valence-electron chi connectivity index (χ1n) is 8.96. The van der Waals surface area contributed by atoms with E-state index in [2.05, 4.69) is 34.1 Å².